The summed E-state index contributed by atoms with van der Waals surface area (Å²) in [6.45, 7) is 2.30. The number of guanidine groups is 1. The maximum absolute atomic E-state index is 13.2. The molecule has 0 radical (unpaired) electrons. The summed E-state index contributed by atoms with van der Waals surface area (Å²) in [5, 5.41) is 26.8. The van der Waals surface area contributed by atoms with Crippen molar-refractivity contribution >= 4 is 11.9 Å². The van der Waals surface area contributed by atoms with Gasteiger partial charge in [0.2, 0.25) is 5.96 Å². The maximum Gasteiger partial charge on any atom is 0.273 e. The molecule has 1 aliphatic carbocycles. The number of aromatic nitrogens is 3. The van der Waals surface area contributed by atoms with E-state index in [1.807, 2.05) is 54.7 Å². The summed E-state index contributed by atoms with van der Waals surface area (Å²) in [7, 11) is 1.65. The lowest BCUT2D eigenvalue weighted by Gasteiger charge is -2.41. The van der Waals surface area contributed by atoms with Crippen molar-refractivity contribution in [2.24, 2.45) is 4.99 Å². The summed E-state index contributed by atoms with van der Waals surface area (Å²) in [6.07, 6.45) is 5.46. The van der Waals surface area contributed by atoms with Crippen LogP contribution in [0, 0.1) is 18.4 Å². The highest BCUT2D eigenvalue weighted by Gasteiger charge is 2.37. The van der Waals surface area contributed by atoms with Gasteiger partial charge in [-0.1, -0.05) is 48.5 Å². The molecule has 0 unspecified atom stereocenters. The third-order valence-corrected chi connectivity index (χ3v) is 6.64. The zero-order chi connectivity index (χ0) is 24.7. The lowest BCUT2D eigenvalue weighted by atomic mass is 9.68. The van der Waals surface area contributed by atoms with Crippen LogP contribution in [0.25, 0.3) is 5.69 Å². The normalized spacial score (nSPS) is 20.0. The fourth-order valence-electron chi connectivity index (χ4n) is 4.68. The second-order valence-electron chi connectivity index (χ2n) is 8.82. The first kappa shape index (κ1) is 24.0. The summed E-state index contributed by atoms with van der Waals surface area (Å²) in [6, 6.07) is 20.1. The molecule has 0 aliphatic heterocycles. The molecule has 1 fully saturated rings. The van der Waals surface area contributed by atoms with Crippen molar-refractivity contribution in [2.75, 3.05) is 13.6 Å². The number of benzene rings is 2. The Morgan fingerprint density at radius 2 is 1.77 bits per heavy atom. The van der Waals surface area contributed by atoms with Crippen molar-refractivity contribution in [3.8, 4) is 11.9 Å². The molecule has 0 bridgehead atoms. The molecular weight excluding hydrogens is 440 g/mol. The number of carbonyl (C=O) groups is 1. The smallest absolute Gasteiger partial charge is 0.273 e. The number of para-hydroxylation sites is 1. The van der Waals surface area contributed by atoms with Crippen molar-refractivity contribution in [3.63, 3.8) is 0 Å². The first-order chi connectivity index (χ1) is 17.0. The Hall–Kier alpha value is -4.19. The summed E-state index contributed by atoms with van der Waals surface area (Å²) in [5.41, 5.74) is 2.75. The third kappa shape index (κ3) is 5.49. The predicted molar refractivity (Wildman–Crippen MR) is 134 cm³/mol. The highest BCUT2D eigenvalue weighted by atomic mass is 16.2. The number of aryl methyl sites for hydroxylation is 1. The number of rotatable bonds is 6. The molecule has 3 N–H and O–H groups in total. The van der Waals surface area contributed by atoms with Gasteiger partial charge in [-0.3, -0.25) is 15.1 Å². The Morgan fingerprint density at radius 1 is 1.11 bits per heavy atom. The molecule has 1 amide bonds. The van der Waals surface area contributed by atoms with Crippen LogP contribution in [0.2, 0.25) is 0 Å². The summed E-state index contributed by atoms with van der Waals surface area (Å²) in [5.74, 6) is 0.258. The Morgan fingerprint density at radius 3 is 2.40 bits per heavy atom. The Bertz CT molecular complexity index is 1210. The zero-order valence-electron chi connectivity index (χ0n) is 20.0. The van der Waals surface area contributed by atoms with E-state index >= 15 is 0 Å². The fraction of sp³-hybridized carbons (Fsp3) is 0.346. The van der Waals surface area contributed by atoms with E-state index in [4.69, 9.17) is 5.26 Å². The number of nitrogens with zero attached hydrogens (tertiary/aromatic N) is 5. The van der Waals surface area contributed by atoms with Crippen LogP contribution in [0.4, 0.5) is 0 Å². The largest absolute Gasteiger partial charge is 0.353 e. The molecule has 0 atom stereocenters. The first-order valence-electron chi connectivity index (χ1n) is 11.8. The van der Waals surface area contributed by atoms with Gasteiger partial charge in [-0.15, -0.1) is 5.10 Å². The Labute approximate surface area is 205 Å². The van der Waals surface area contributed by atoms with Gasteiger partial charge in [0.15, 0.2) is 11.9 Å². The van der Waals surface area contributed by atoms with Gasteiger partial charge in [0.05, 0.1) is 11.4 Å². The van der Waals surface area contributed by atoms with Crippen LogP contribution in [0.3, 0.4) is 0 Å². The molecule has 3 aromatic rings. The molecule has 180 valence electrons. The van der Waals surface area contributed by atoms with E-state index in [2.05, 4.69) is 43.3 Å². The Balaban J connectivity index is 1.47. The molecule has 0 spiro atoms. The van der Waals surface area contributed by atoms with E-state index in [1.165, 1.54) is 10.4 Å². The van der Waals surface area contributed by atoms with Crippen molar-refractivity contribution in [3.05, 3.63) is 77.6 Å². The summed E-state index contributed by atoms with van der Waals surface area (Å²) in [4.78, 5) is 18.7. The van der Waals surface area contributed by atoms with Gasteiger partial charge in [0.25, 0.3) is 5.91 Å². The molecule has 35 heavy (non-hydrogen) atoms. The van der Waals surface area contributed by atoms with Crippen LogP contribution in [0.15, 0.2) is 65.7 Å². The summed E-state index contributed by atoms with van der Waals surface area (Å²) < 4.78 is 0. The van der Waals surface area contributed by atoms with Gasteiger partial charge < -0.3 is 10.6 Å². The molecule has 9 nitrogen and oxygen atoms in total. The zero-order valence-corrected chi connectivity index (χ0v) is 20.0. The van der Waals surface area contributed by atoms with E-state index in [0.717, 1.165) is 31.4 Å². The minimum atomic E-state index is -0.223. The quantitative estimate of drug-likeness (QED) is 0.221. The van der Waals surface area contributed by atoms with E-state index in [-0.39, 0.29) is 17.4 Å². The Kier molecular flexibility index (Phi) is 7.41. The van der Waals surface area contributed by atoms with E-state index < -0.39 is 0 Å². The average Bonchev–Trinajstić information content (AvgIpc) is 3.30. The number of nitriles is 1. The van der Waals surface area contributed by atoms with Crippen LogP contribution in [-0.4, -0.2) is 46.5 Å². The number of aliphatic imine (C=N–C) groups is 1. The molecule has 4 rings (SSSR count). The monoisotopic (exact) mass is 470 g/mol. The number of hydrogen-bond acceptors (Lipinski definition) is 5. The first-order valence-corrected chi connectivity index (χ1v) is 11.8. The topological polar surface area (TPSA) is 120 Å². The molecular formula is C26H30N8O. The highest BCUT2D eigenvalue weighted by Crippen LogP contribution is 2.39. The van der Waals surface area contributed by atoms with Crippen LogP contribution < -0.4 is 16.0 Å². The van der Waals surface area contributed by atoms with E-state index in [0.29, 0.717) is 23.9 Å². The van der Waals surface area contributed by atoms with Crippen molar-refractivity contribution in [1.82, 2.24) is 30.9 Å². The number of hydrogen-bond donors (Lipinski definition) is 3. The van der Waals surface area contributed by atoms with Gasteiger partial charge in [-0.05, 0) is 50.3 Å². The van der Waals surface area contributed by atoms with Crippen molar-refractivity contribution in [1.29, 1.82) is 5.26 Å². The molecule has 1 heterocycles. The SMILES string of the molecule is CN=C(NC#N)NC1CCC(CNC(=O)c2nn(-c3ccccc3)nc2C)(c2ccccc2)CC1. The van der Waals surface area contributed by atoms with Gasteiger partial charge in [0.1, 0.15) is 0 Å². The predicted octanol–water partition coefficient (Wildman–Crippen LogP) is 2.83. The second kappa shape index (κ2) is 10.8. The van der Waals surface area contributed by atoms with Crippen molar-refractivity contribution < 1.29 is 4.79 Å². The number of amides is 1. The number of nitrogens with one attached hydrogen (secondary N) is 3. The van der Waals surface area contributed by atoms with Gasteiger partial charge in [-0.2, -0.15) is 15.2 Å². The van der Waals surface area contributed by atoms with E-state index in [1.54, 1.807) is 14.0 Å². The van der Waals surface area contributed by atoms with Gasteiger partial charge in [0, 0.05) is 25.0 Å². The lowest BCUT2D eigenvalue weighted by molar-refractivity contribution is 0.0929. The average molecular weight is 471 g/mol. The van der Waals surface area contributed by atoms with Gasteiger partial charge >= 0.3 is 0 Å². The molecule has 2 aromatic carbocycles. The van der Waals surface area contributed by atoms with Crippen LogP contribution in [0.5, 0.6) is 0 Å². The third-order valence-electron chi connectivity index (χ3n) is 6.64. The van der Waals surface area contributed by atoms with Crippen molar-refractivity contribution in [2.45, 2.75) is 44.1 Å². The minimum Gasteiger partial charge on any atom is -0.353 e. The second-order valence-corrected chi connectivity index (χ2v) is 8.82. The van der Waals surface area contributed by atoms with Crippen LogP contribution >= 0.6 is 0 Å². The highest BCUT2D eigenvalue weighted by molar-refractivity contribution is 5.93. The fourth-order valence-corrected chi connectivity index (χ4v) is 4.68. The van der Waals surface area contributed by atoms with Crippen LogP contribution in [0.1, 0.15) is 47.4 Å². The molecule has 1 saturated carbocycles. The molecule has 0 saturated heterocycles. The lowest BCUT2D eigenvalue weighted by Crippen LogP contribution is -2.49. The molecule has 1 aromatic heterocycles. The molecule has 9 heteroatoms. The standard InChI is InChI=1S/C26H30N8O/c1-19-23(33-34(32-19)22-11-7-4-8-12-22)24(35)29-17-26(20-9-5-3-6-10-20)15-13-21(14-16-26)31-25(28-2)30-18-27/h3-12,21H,13-17H2,1-2H3,(H,29,35)(H2,28,30,31). The minimum absolute atomic E-state index is 0.190. The van der Waals surface area contributed by atoms with Gasteiger partial charge in [-0.25, -0.2) is 0 Å². The van der Waals surface area contributed by atoms with E-state index in [9.17, 15) is 4.79 Å². The molecule has 1 aliphatic rings. The summed E-state index contributed by atoms with van der Waals surface area (Å²) >= 11 is 0. The maximum atomic E-state index is 13.2. The van der Waals surface area contributed by atoms with Crippen LogP contribution in [-0.2, 0) is 5.41 Å². The number of carbonyl (C=O) groups excluding carboxylic acids is 1.